The maximum absolute atomic E-state index is 10.9. The normalized spacial score (nSPS) is 24.9. The summed E-state index contributed by atoms with van der Waals surface area (Å²) >= 11 is 0. The number of rotatable bonds is 6. The van der Waals surface area contributed by atoms with Gasteiger partial charge in [0.25, 0.3) is 0 Å². The Bertz CT molecular complexity index is 1060. The van der Waals surface area contributed by atoms with E-state index in [1.54, 1.807) is 24.3 Å². The van der Waals surface area contributed by atoms with Crippen LogP contribution in [0.25, 0.3) is 22.4 Å². The molecule has 0 aliphatic carbocycles. The summed E-state index contributed by atoms with van der Waals surface area (Å²) in [4.78, 5) is 23.8. The number of imidazole rings is 1. The molecular formula is C19H21N5O6. The van der Waals surface area contributed by atoms with Crippen LogP contribution < -0.4 is 5.73 Å². The Morgan fingerprint density at radius 3 is 2.53 bits per heavy atom. The molecule has 0 spiro atoms. The van der Waals surface area contributed by atoms with E-state index in [2.05, 4.69) is 15.0 Å². The summed E-state index contributed by atoms with van der Waals surface area (Å²) in [7, 11) is 0. The van der Waals surface area contributed by atoms with Gasteiger partial charge in [-0.2, -0.15) is 0 Å². The Balaban J connectivity index is 1.65. The van der Waals surface area contributed by atoms with E-state index >= 15 is 0 Å². The number of fused-ring (bicyclic) bond motifs is 1. The first-order valence-corrected chi connectivity index (χ1v) is 9.28. The van der Waals surface area contributed by atoms with Crippen LogP contribution in [0.15, 0.2) is 36.9 Å². The highest BCUT2D eigenvalue weighted by Crippen LogP contribution is 2.33. The van der Waals surface area contributed by atoms with E-state index in [4.69, 9.17) is 15.6 Å². The highest BCUT2D eigenvalue weighted by atomic mass is 16.6. The molecule has 5 atom stereocenters. The molecule has 0 unspecified atom stereocenters. The lowest BCUT2D eigenvalue weighted by Gasteiger charge is -2.16. The standard InChI is InChI=1S/C19H21N5O6/c20-11(19(28)29)5-9-1-3-10(4-2-9)13-14-17(22-7-21-13)24(8-23-14)18-16(27)15(26)12(6-25)30-18/h1-4,7-8,11-12,15-16,18,25-27H,5-6,20H2,(H,28,29)/t11-,12-,15-,16-,18-/m1/s1. The number of nitrogens with zero attached hydrogens (tertiary/aromatic N) is 4. The molecule has 0 saturated carbocycles. The van der Waals surface area contributed by atoms with E-state index < -0.39 is 43.2 Å². The lowest BCUT2D eigenvalue weighted by Crippen LogP contribution is -2.33. The Labute approximate surface area is 170 Å². The van der Waals surface area contributed by atoms with Crippen molar-refractivity contribution in [2.45, 2.75) is 37.0 Å². The van der Waals surface area contributed by atoms with Crippen LogP contribution in [-0.4, -0.2) is 76.9 Å². The number of carbonyl (C=O) groups is 1. The number of aliphatic hydroxyl groups is 3. The van der Waals surface area contributed by atoms with Crippen molar-refractivity contribution in [3.63, 3.8) is 0 Å². The van der Waals surface area contributed by atoms with Crippen LogP contribution in [0, 0.1) is 0 Å². The first-order valence-electron chi connectivity index (χ1n) is 9.28. The molecule has 3 heterocycles. The van der Waals surface area contributed by atoms with Crippen LogP contribution in [-0.2, 0) is 16.0 Å². The lowest BCUT2D eigenvalue weighted by atomic mass is 10.0. The molecule has 0 bridgehead atoms. The molecular weight excluding hydrogens is 394 g/mol. The second kappa shape index (κ2) is 8.05. The second-order valence-electron chi connectivity index (χ2n) is 7.12. The molecule has 2 aromatic heterocycles. The van der Waals surface area contributed by atoms with Crippen molar-refractivity contribution in [2.24, 2.45) is 5.73 Å². The summed E-state index contributed by atoms with van der Waals surface area (Å²) in [6.45, 7) is -0.431. The van der Waals surface area contributed by atoms with Gasteiger partial charge in [-0.05, 0) is 12.0 Å². The van der Waals surface area contributed by atoms with E-state index in [1.165, 1.54) is 17.2 Å². The Morgan fingerprint density at radius 2 is 1.90 bits per heavy atom. The van der Waals surface area contributed by atoms with Crippen molar-refractivity contribution in [3.8, 4) is 11.3 Å². The lowest BCUT2D eigenvalue weighted by molar-refractivity contribution is -0.138. The molecule has 1 aliphatic rings. The van der Waals surface area contributed by atoms with Crippen molar-refractivity contribution in [1.29, 1.82) is 0 Å². The number of nitrogens with two attached hydrogens (primary N) is 1. The summed E-state index contributed by atoms with van der Waals surface area (Å²) in [5, 5.41) is 38.5. The summed E-state index contributed by atoms with van der Waals surface area (Å²) in [6.07, 6.45) is -1.36. The second-order valence-corrected chi connectivity index (χ2v) is 7.12. The number of carboxylic acid groups (broad SMARTS) is 1. The summed E-state index contributed by atoms with van der Waals surface area (Å²) in [6, 6.07) is 6.15. The molecule has 1 aromatic carbocycles. The Morgan fingerprint density at radius 1 is 1.17 bits per heavy atom. The maximum Gasteiger partial charge on any atom is 0.320 e. The third-order valence-electron chi connectivity index (χ3n) is 5.15. The minimum Gasteiger partial charge on any atom is -0.480 e. The van der Waals surface area contributed by atoms with Gasteiger partial charge in [-0.25, -0.2) is 15.0 Å². The SMILES string of the molecule is N[C@H](Cc1ccc(-c2ncnc3c2ncn3[C@@H]2O[C@H](CO)[C@@H](O)[C@H]2O)cc1)C(=O)O. The van der Waals surface area contributed by atoms with Gasteiger partial charge in [-0.1, -0.05) is 24.3 Å². The Hall–Kier alpha value is -2.96. The molecule has 4 rings (SSSR count). The van der Waals surface area contributed by atoms with Crippen LogP contribution in [0.1, 0.15) is 11.8 Å². The predicted octanol–water partition coefficient (Wildman–Crippen LogP) is -0.941. The molecule has 30 heavy (non-hydrogen) atoms. The third-order valence-corrected chi connectivity index (χ3v) is 5.15. The zero-order valence-electron chi connectivity index (χ0n) is 15.7. The van der Waals surface area contributed by atoms with Gasteiger partial charge in [0.2, 0.25) is 0 Å². The first-order chi connectivity index (χ1) is 14.4. The zero-order valence-corrected chi connectivity index (χ0v) is 15.7. The van der Waals surface area contributed by atoms with E-state index in [1.807, 2.05) is 0 Å². The number of aliphatic hydroxyl groups excluding tert-OH is 3. The van der Waals surface area contributed by atoms with Gasteiger partial charge in [-0.3, -0.25) is 9.36 Å². The fraction of sp³-hybridized carbons (Fsp3) is 0.368. The predicted molar refractivity (Wildman–Crippen MR) is 103 cm³/mol. The molecule has 0 amide bonds. The molecule has 0 radical (unpaired) electrons. The van der Waals surface area contributed by atoms with E-state index in [9.17, 15) is 20.1 Å². The van der Waals surface area contributed by atoms with Gasteiger partial charge in [0.15, 0.2) is 11.9 Å². The fourth-order valence-electron chi connectivity index (χ4n) is 3.50. The van der Waals surface area contributed by atoms with Crippen LogP contribution >= 0.6 is 0 Å². The van der Waals surface area contributed by atoms with Crippen molar-refractivity contribution in [1.82, 2.24) is 19.5 Å². The fourth-order valence-corrected chi connectivity index (χ4v) is 3.50. The number of aromatic nitrogens is 4. The largest absolute Gasteiger partial charge is 0.480 e. The van der Waals surface area contributed by atoms with E-state index in [-0.39, 0.29) is 6.42 Å². The molecule has 1 saturated heterocycles. The molecule has 3 aromatic rings. The topological polar surface area (TPSA) is 177 Å². The molecule has 158 valence electrons. The number of aliphatic carboxylic acids is 1. The highest BCUT2D eigenvalue weighted by molar-refractivity contribution is 5.87. The molecule has 1 fully saturated rings. The molecule has 1 aliphatic heterocycles. The van der Waals surface area contributed by atoms with Gasteiger partial charge in [0.05, 0.1) is 12.9 Å². The van der Waals surface area contributed by atoms with Crippen molar-refractivity contribution < 1.29 is 30.0 Å². The molecule has 11 heteroatoms. The average Bonchev–Trinajstić information content (AvgIpc) is 3.29. The van der Waals surface area contributed by atoms with Crippen LogP contribution in [0.2, 0.25) is 0 Å². The maximum atomic E-state index is 10.9. The average molecular weight is 415 g/mol. The zero-order chi connectivity index (χ0) is 21.4. The van der Waals surface area contributed by atoms with Gasteiger partial charge >= 0.3 is 5.97 Å². The third kappa shape index (κ3) is 3.53. The summed E-state index contributed by atoms with van der Waals surface area (Å²) in [5.74, 6) is -1.06. The molecule has 11 nitrogen and oxygen atoms in total. The van der Waals surface area contributed by atoms with Crippen LogP contribution in [0.3, 0.4) is 0 Å². The van der Waals surface area contributed by atoms with Crippen LogP contribution in [0.5, 0.6) is 0 Å². The summed E-state index contributed by atoms with van der Waals surface area (Å²) in [5.41, 5.74) is 8.49. The minimum atomic E-state index is -1.25. The number of ether oxygens (including phenoxy) is 1. The van der Waals surface area contributed by atoms with Gasteiger partial charge < -0.3 is 30.9 Å². The number of carboxylic acids is 1. The van der Waals surface area contributed by atoms with Gasteiger partial charge in [-0.15, -0.1) is 0 Å². The monoisotopic (exact) mass is 415 g/mol. The quantitative estimate of drug-likeness (QED) is 0.337. The van der Waals surface area contributed by atoms with Crippen molar-refractivity contribution >= 4 is 17.1 Å². The number of benzene rings is 1. The minimum absolute atomic E-state index is 0.203. The van der Waals surface area contributed by atoms with Crippen molar-refractivity contribution in [3.05, 3.63) is 42.5 Å². The van der Waals surface area contributed by atoms with Gasteiger partial charge in [0, 0.05) is 5.56 Å². The Kier molecular flexibility index (Phi) is 5.45. The van der Waals surface area contributed by atoms with Gasteiger partial charge in [0.1, 0.15) is 41.9 Å². The first kappa shape index (κ1) is 20.3. The highest BCUT2D eigenvalue weighted by Gasteiger charge is 2.44. The number of hydrogen-bond donors (Lipinski definition) is 5. The summed E-state index contributed by atoms with van der Waals surface area (Å²) < 4.78 is 7.05. The number of hydrogen-bond acceptors (Lipinski definition) is 9. The van der Waals surface area contributed by atoms with E-state index in [0.29, 0.717) is 16.9 Å². The van der Waals surface area contributed by atoms with Crippen molar-refractivity contribution in [2.75, 3.05) is 6.61 Å². The molecule has 6 N–H and O–H groups in total. The smallest absolute Gasteiger partial charge is 0.320 e. The van der Waals surface area contributed by atoms with E-state index in [0.717, 1.165) is 11.1 Å². The van der Waals surface area contributed by atoms with Crippen LogP contribution in [0.4, 0.5) is 0 Å².